The second-order valence-electron chi connectivity index (χ2n) is 11.5. The van der Waals surface area contributed by atoms with Crippen LogP contribution < -0.4 is 21.0 Å². The van der Waals surface area contributed by atoms with Crippen LogP contribution in [0.1, 0.15) is 104 Å². The van der Waals surface area contributed by atoms with E-state index in [1.807, 2.05) is 12.1 Å². The number of carbonyl (C=O) groups excluding carboxylic acids is 1. The Kier molecular flexibility index (Phi) is 15.9. The predicted octanol–water partition coefficient (Wildman–Crippen LogP) is 7.47. The van der Waals surface area contributed by atoms with Crippen LogP contribution in [0.15, 0.2) is 72.8 Å². The topological polar surface area (TPSA) is 61.4 Å². The van der Waals surface area contributed by atoms with Crippen LogP contribution in [0.2, 0.25) is 5.04 Å². The van der Waals surface area contributed by atoms with E-state index in [-0.39, 0.29) is 11.1 Å². The van der Waals surface area contributed by atoms with Crippen molar-refractivity contribution in [2.45, 2.75) is 109 Å². The Labute approximate surface area is 239 Å². The van der Waals surface area contributed by atoms with Gasteiger partial charge in [0.15, 0.2) is 0 Å². The Morgan fingerprint density at radius 1 is 0.718 bits per heavy atom. The second-order valence-corrected chi connectivity index (χ2v) is 15.4. The quantitative estimate of drug-likeness (QED) is 0.0910. The number of urea groups is 1. The maximum Gasteiger partial charge on any atom is 0.314 e. The summed E-state index contributed by atoms with van der Waals surface area (Å²) < 4.78 is 0. The summed E-state index contributed by atoms with van der Waals surface area (Å²) in [5.74, 6) is 0. The van der Waals surface area contributed by atoms with Crippen molar-refractivity contribution in [2.75, 3.05) is 13.1 Å². The van der Waals surface area contributed by atoms with Gasteiger partial charge in [-0.3, -0.25) is 0 Å². The van der Waals surface area contributed by atoms with Gasteiger partial charge < -0.3 is 15.4 Å². The summed E-state index contributed by atoms with van der Waals surface area (Å²) in [6.07, 6.45) is 19.6. The molecule has 0 aliphatic rings. The molecule has 0 aliphatic heterocycles. The van der Waals surface area contributed by atoms with Gasteiger partial charge in [0, 0.05) is 13.1 Å². The van der Waals surface area contributed by atoms with Crippen LogP contribution in [-0.4, -0.2) is 32.2 Å². The van der Waals surface area contributed by atoms with Gasteiger partial charge in [0.05, 0.1) is 0 Å². The van der Waals surface area contributed by atoms with Gasteiger partial charge in [0.2, 0.25) is 0 Å². The normalized spacial score (nSPS) is 12.1. The van der Waals surface area contributed by atoms with Gasteiger partial charge in [-0.25, -0.2) is 4.79 Å². The Morgan fingerprint density at radius 3 is 1.72 bits per heavy atom. The minimum Gasteiger partial charge on any atom is -0.424 e. The standard InChI is InChI=1S/C34H54N2O2Si/c1-4-5-22-29-35-33(37)36-30-23-14-12-10-8-6-7-9-11-13-21-28-34(2,3)39(38,31-24-17-15-18-25-31)32-26-19-16-20-27-32/h8,10,15-20,24-27,38H,4-7,9,11-14,21-23,28-30H2,1-3H3,(H2,35,36,37)/b10-8-. The van der Waals surface area contributed by atoms with Crippen LogP contribution in [0.25, 0.3) is 0 Å². The number of allylic oxidation sites excluding steroid dienone is 2. The molecule has 0 heterocycles. The highest BCUT2D eigenvalue weighted by Gasteiger charge is 2.49. The van der Waals surface area contributed by atoms with Crippen molar-refractivity contribution < 1.29 is 9.59 Å². The van der Waals surface area contributed by atoms with E-state index in [2.05, 4.69) is 92.1 Å². The molecule has 2 rings (SSSR count). The monoisotopic (exact) mass is 550 g/mol. The van der Waals surface area contributed by atoms with E-state index in [0.717, 1.165) is 68.4 Å². The molecule has 0 saturated carbocycles. The molecule has 2 aromatic carbocycles. The van der Waals surface area contributed by atoms with E-state index >= 15 is 0 Å². The molecular formula is C34H54N2O2Si. The Balaban J connectivity index is 1.58. The van der Waals surface area contributed by atoms with Crippen molar-refractivity contribution in [3.8, 4) is 0 Å². The number of rotatable bonds is 20. The summed E-state index contributed by atoms with van der Waals surface area (Å²) in [5.41, 5.74) is 0. The Bertz CT molecular complexity index is 891. The fourth-order valence-corrected chi connectivity index (χ4v) is 9.10. The summed E-state index contributed by atoms with van der Waals surface area (Å²) in [7, 11) is -2.88. The minimum atomic E-state index is -2.88. The minimum absolute atomic E-state index is 0.0321. The van der Waals surface area contributed by atoms with E-state index in [0.29, 0.717) is 0 Å². The molecule has 0 aliphatic carbocycles. The Morgan fingerprint density at radius 2 is 1.18 bits per heavy atom. The summed E-state index contributed by atoms with van der Waals surface area (Å²) >= 11 is 0. The van der Waals surface area contributed by atoms with Crippen molar-refractivity contribution in [2.24, 2.45) is 0 Å². The fraction of sp³-hybridized carbons (Fsp3) is 0.559. The molecule has 0 atom stereocenters. The number of benzene rings is 2. The van der Waals surface area contributed by atoms with Crippen LogP contribution in [0, 0.1) is 0 Å². The Hall–Kier alpha value is -2.37. The number of carbonyl (C=O) groups is 1. The molecule has 0 saturated heterocycles. The largest absolute Gasteiger partial charge is 0.424 e. The molecule has 0 fully saturated rings. The molecule has 5 heteroatoms. The van der Waals surface area contributed by atoms with E-state index in [1.165, 1.54) is 38.5 Å². The highest BCUT2D eigenvalue weighted by atomic mass is 28.4. The van der Waals surface area contributed by atoms with E-state index in [9.17, 15) is 9.59 Å². The molecular weight excluding hydrogens is 496 g/mol. The SMILES string of the molecule is CCCCCNC(=O)NCCCC/C=C\CCCCCCCC(C)(C)[Si](O)(c1ccccc1)c1ccccc1. The third kappa shape index (κ3) is 11.7. The molecule has 0 aromatic heterocycles. The number of amides is 2. The van der Waals surface area contributed by atoms with Crippen molar-refractivity contribution in [3.05, 3.63) is 72.8 Å². The predicted molar refractivity (Wildman–Crippen MR) is 170 cm³/mol. The van der Waals surface area contributed by atoms with Crippen LogP contribution in [-0.2, 0) is 0 Å². The van der Waals surface area contributed by atoms with Crippen molar-refractivity contribution >= 4 is 24.7 Å². The first-order valence-corrected chi connectivity index (χ1v) is 17.4. The number of unbranched alkanes of at least 4 members (excludes halogenated alkanes) is 9. The summed E-state index contributed by atoms with van der Waals surface area (Å²) in [4.78, 5) is 23.9. The van der Waals surface area contributed by atoms with Crippen LogP contribution in [0.3, 0.4) is 0 Å². The third-order valence-corrected chi connectivity index (χ3v) is 12.4. The summed E-state index contributed by atoms with van der Waals surface area (Å²) in [6, 6.07) is 20.7. The molecule has 39 heavy (non-hydrogen) atoms. The molecule has 4 nitrogen and oxygen atoms in total. The molecule has 3 N–H and O–H groups in total. The fourth-order valence-electron chi connectivity index (χ4n) is 5.31. The lowest BCUT2D eigenvalue weighted by atomic mass is 10.0. The maximum atomic E-state index is 12.3. The zero-order valence-corrected chi connectivity index (χ0v) is 25.9. The van der Waals surface area contributed by atoms with Crippen molar-refractivity contribution in [1.82, 2.24) is 10.6 Å². The number of hydrogen-bond acceptors (Lipinski definition) is 2. The molecule has 0 unspecified atom stereocenters. The van der Waals surface area contributed by atoms with Gasteiger partial charge in [-0.05, 0) is 60.4 Å². The lowest BCUT2D eigenvalue weighted by molar-refractivity contribution is 0.240. The number of hydrogen-bond donors (Lipinski definition) is 3. The summed E-state index contributed by atoms with van der Waals surface area (Å²) in [5, 5.41) is 7.92. The molecule has 0 radical (unpaired) electrons. The van der Waals surface area contributed by atoms with E-state index in [1.54, 1.807) is 0 Å². The van der Waals surface area contributed by atoms with Gasteiger partial charge in [-0.15, -0.1) is 0 Å². The second kappa shape index (κ2) is 18.8. The van der Waals surface area contributed by atoms with Crippen LogP contribution in [0.5, 0.6) is 0 Å². The van der Waals surface area contributed by atoms with E-state index in [4.69, 9.17) is 0 Å². The van der Waals surface area contributed by atoms with Gasteiger partial charge in [-0.1, -0.05) is 132 Å². The van der Waals surface area contributed by atoms with Gasteiger partial charge in [-0.2, -0.15) is 0 Å². The van der Waals surface area contributed by atoms with Gasteiger partial charge in [0.1, 0.15) is 0 Å². The van der Waals surface area contributed by atoms with Crippen LogP contribution in [0.4, 0.5) is 4.79 Å². The highest BCUT2D eigenvalue weighted by Crippen LogP contribution is 2.40. The average molecular weight is 551 g/mol. The summed E-state index contributed by atoms with van der Waals surface area (Å²) in [6.45, 7) is 8.22. The highest BCUT2D eigenvalue weighted by molar-refractivity contribution is 6.98. The molecule has 2 aromatic rings. The van der Waals surface area contributed by atoms with Crippen molar-refractivity contribution in [3.63, 3.8) is 0 Å². The zero-order valence-electron chi connectivity index (χ0n) is 24.9. The zero-order chi connectivity index (χ0) is 28.2. The average Bonchev–Trinajstić information content (AvgIpc) is 2.95. The first-order valence-electron chi connectivity index (χ1n) is 15.4. The van der Waals surface area contributed by atoms with Crippen molar-refractivity contribution in [1.29, 1.82) is 0 Å². The van der Waals surface area contributed by atoms with Gasteiger partial charge in [0.25, 0.3) is 8.32 Å². The third-order valence-electron chi connectivity index (χ3n) is 7.85. The molecule has 216 valence electrons. The molecule has 2 amide bonds. The molecule has 0 spiro atoms. The smallest absolute Gasteiger partial charge is 0.314 e. The lowest BCUT2D eigenvalue weighted by Crippen LogP contribution is -2.65. The molecule has 0 bridgehead atoms. The van der Waals surface area contributed by atoms with E-state index < -0.39 is 8.32 Å². The first kappa shape index (κ1) is 32.8. The number of nitrogens with one attached hydrogen (secondary N) is 2. The first-order chi connectivity index (χ1) is 18.9. The van der Waals surface area contributed by atoms with Gasteiger partial charge >= 0.3 is 6.03 Å². The van der Waals surface area contributed by atoms with Crippen LogP contribution >= 0.6 is 0 Å². The lowest BCUT2D eigenvalue weighted by Gasteiger charge is -2.41. The maximum absolute atomic E-state index is 12.3.